The van der Waals surface area contributed by atoms with Gasteiger partial charge < -0.3 is 10.6 Å². The molecule has 1 saturated heterocycles. The van der Waals surface area contributed by atoms with Gasteiger partial charge in [0, 0.05) is 18.3 Å². The molecule has 1 aliphatic heterocycles. The van der Waals surface area contributed by atoms with Crippen molar-refractivity contribution in [1.82, 2.24) is 10.3 Å². The van der Waals surface area contributed by atoms with Gasteiger partial charge in [-0.2, -0.15) is 5.26 Å². The van der Waals surface area contributed by atoms with Gasteiger partial charge in [-0.3, -0.25) is 10.1 Å². The predicted molar refractivity (Wildman–Crippen MR) is 69.7 cm³/mol. The molecule has 0 amide bonds. The quantitative estimate of drug-likeness (QED) is 0.629. The second-order valence-electron chi connectivity index (χ2n) is 4.48. The highest BCUT2D eigenvalue weighted by atomic mass is 16.6. The lowest BCUT2D eigenvalue weighted by Crippen LogP contribution is -2.22. The van der Waals surface area contributed by atoms with Crippen LogP contribution in [0.3, 0.4) is 0 Å². The van der Waals surface area contributed by atoms with E-state index < -0.39 is 4.92 Å². The Bertz CT molecular complexity index is 503. The zero-order chi connectivity index (χ0) is 13.7. The standard InChI is InChI=1S/C12H15N5O2/c13-7-9-6-11(17(18)19)12(15-8-9)16-10-2-1-4-14-5-3-10/h6,8,10,14H,1-5H2,(H,15,16). The molecule has 1 fully saturated rings. The highest BCUT2D eigenvalue weighted by molar-refractivity contribution is 5.58. The van der Waals surface area contributed by atoms with Crippen molar-refractivity contribution in [3.8, 4) is 6.07 Å². The second-order valence-corrected chi connectivity index (χ2v) is 4.48. The van der Waals surface area contributed by atoms with Crippen LogP contribution in [0.15, 0.2) is 12.3 Å². The normalized spacial score (nSPS) is 19.2. The molecule has 1 unspecified atom stereocenters. The van der Waals surface area contributed by atoms with Crippen LogP contribution in [0.5, 0.6) is 0 Å². The van der Waals surface area contributed by atoms with Crippen molar-refractivity contribution in [1.29, 1.82) is 5.26 Å². The van der Waals surface area contributed by atoms with Crippen LogP contribution in [0.1, 0.15) is 24.8 Å². The average Bonchev–Trinajstić information content (AvgIpc) is 2.67. The fraction of sp³-hybridized carbons (Fsp3) is 0.500. The van der Waals surface area contributed by atoms with Crippen molar-refractivity contribution < 1.29 is 4.92 Å². The Balaban J connectivity index is 2.19. The number of hydrogen-bond acceptors (Lipinski definition) is 6. The van der Waals surface area contributed by atoms with Crippen molar-refractivity contribution in [3.05, 3.63) is 27.9 Å². The maximum absolute atomic E-state index is 11.0. The van der Waals surface area contributed by atoms with E-state index in [1.165, 1.54) is 12.3 Å². The van der Waals surface area contributed by atoms with Crippen LogP contribution in [0.25, 0.3) is 0 Å². The zero-order valence-electron chi connectivity index (χ0n) is 10.4. The minimum absolute atomic E-state index is 0.142. The number of rotatable bonds is 3. The van der Waals surface area contributed by atoms with Crippen molar-refractivity contribution in [3.63, 3.8) is 0 Å². The first-order valence-electron chi connectivity index (χ1n) is 6.22. The predicted octanol–water partition coefficient (Wildman–Crippen LogP) is 1.42. The Morgan fingerprint density at radius 3 is 3.11 bits per heavy atom. The number of hydrogen-bond donors (Lipinski definition) is 2. The number of nitrogens with one attached hydrogen (secondary N) is 2. The van der Waals surface area contributed by atoms with Gasteiger partial charge in [0.15, 0.2) is 0 Å². The molecule has 0 aromatic carbocycles. The third-order valence-electron chi connectivity index (χ3n) is 3.11. The third-order valence-corrected chi connectivity index (χ3v) is 3.11. The minimum Gasteiger partial charge on any atom is -0.362 e. The number of pyridine rings is 1. The van der Waals surface area contributed by atoms with E-state index >= 15 is 0 Å². The summed E-state index contributed by atoms with van der Waals surface area (Å²) in [5.41, 5.74) is 0.0519. The van der Waals surface area contributed by atoms with E-state index in [1.54, 1.807) is 0 Å². The average molecular weight is 261 g/mol. The first-order valence-corrected chi connectivity index (χ1v) is 6.22. The maximum atomic E-state index is 11.0. The molecule has 0 bridgehead atoms. The van der Waals surface area contributed by atoms with Gasteiger partial charge in [0.2, 0.25) is 5.82 Å². The van der Waals surface area contributed by atoms with Crippen molar-refractivity contribution in [2.45, 2.75) is 25.3 Å². The van der Waals surface area contributed by atoms with Crippen molar-refractivity contribution in [2.24, 2.45) is 0 Å². The molecule has 19 heavy (non-hydrogen) atoms. The van der Waals surface area contributed by atoms with Gasteiger partial charge in [0.05, 0.1) is 10.5 Å². The van der Waals surface area contributed by atoms with E-state index in [4.69, 9.17) is 5.26 Å². The van der Waals surface area contributed by atoms with Crippen LogP contribution in [-0.4, -0.2) is 29.0 Å². The summed E-state index contributed by atoms with van der Waals surface area (Å²) in [6.07, 6.45) is 4.23. The summed E-state index contributed by atoms with van der Waals surface area (Å²) in [6.45, 7) is 1.86. The molecule has 0 spiro atoms. The Hall–Kier alpha value is -2.20. The molecule has 2 heterocycles. The molecule has 1 atom stereocenters. The van der Waals surface area contributed by atoms with Gasteiger partial charge in [0.1, 0.15) is 6.07 Å². The summed E-state index contributed by atoms with van der Waals surface area (Å²) in [4.78, 5) is 14.5. The van der Waals surface area contributed by atoms with Gasteiger partial charge >= 0.3 is 5.69 Å². The molecular weight excluding hydrogens is 246 g/mol. The summed E-state index contributed by atoms with van der Waals surface area (Å²) in [6, 6.07) is 3.29. The van der Waals surface area contributed by atoms with Gasteiger partial charge in [-0.25, -0.2) is 4.98 Å². The van der Waals surface area contributed by atoms with Gasteiger partial charge in [-0.05, 0) is 32.4 Å². The molecule has 1 aromatic heterocycles. The van der Waals surface area contributed by atoms with Crippen LogP contribution >= 0.6 is 0 Å². The lowest BCUT2D eigenvalue weighted by Gasteiger charge is -2.16. The molecule has 0 radical (unpaired) electrons. The first-order chi connectivity index (χ1) is 9.20. The van der Waals surface area contributed by atoms with Crippen LogP contribution in [0.4, 0.5) is 11.5 Å². The van der Waals surface area contributed by atoms with Crippen LogP contribution in [0, 0.1) is 21.4 Å². The summed E-state index contributed by atoms with van der Waals surface area (Å²) >= 11 is 0. The van der Waals surface area contributed by atoms with Gasteiger partial charge in [-0.15, -0.1) is 0 Å². The zero-order valence-corrected chi connectivity index (χ0v) is 10.4. The minimum atomic E-state index is -0.509. The van der Waals surface area contributed by atoms with Crippen molar-refractivity contribution in [2.75, 3.05) is 18.4 Å². The van der Waals surface area contributed by atoms with E-state index in [0.29, 0.717) is 0 Å². The Kier molecular flexibility index (Phi) is 4.26. The van der Waals surface area contributed by atoms with Crippen molar-refractivity contribution >= 4 is 11.5 Å². The summed E-state index contributed by atoms with van der Waals surface area (Å²) < 4.78 is 0. The number of anilines is 1. The van der Waals surface area contributed by atoms with E-state index in [0.717, 1.165) is 32.4 Å². The highest BCUT2D eigenvalue weighted by Gasteiger charge is 2.20. The fourth-order valence-electron chi connectivity index (χ4n) is 2.12. The smallest absolute Gasteiger partial charge is 0.312 e. The lowest BCUT2D eigenvalue weighted by molar-refractivity contribution is -0.384. The largest absolute Gasteiger partial charge is 0.362 e. The van der Waals surface area contributed by atoms with E-state index in [9.17, 15) is 10.1 Å². The molecule has 2 N–H and O–H groups in total. The molecule has 0 saturated carbocycles. The number of nitriles is 1. The number of nitro groups is 1. The van der Waals surface area contributed by atoms with E-state index in [1.807, 2.05) is 6.07 Å². The third kappa shape index (κ3) is 3.39. The Labute approximate surface area is 110 Å². The molecule has 1 aliphatic rings. The Morgan fingerprint density at radius 1 is 1.53 bits per heavy atom. The molecule has 0 aliphatic carbocycles. The van der Waals surface area contributed by atoms with E-state index in [2.05, 4.69) is 15.6 Å². The van der Waals surface area contributed by atoms with Gasteiger partial charge in [0.25, 0.3) is 0 Å². The van der Waals surface area contributed by atoms with Crippen LogP contribution in [0.2, 0.25) is 0 Å². The molecule has 2 rings (SSSR count). The molecule has 7 nitrogen and oxygen atoms in total. The summed E-state index contributed by atoms with van der Waals surface area (Å²) in [5, 5.41) is 26.2. The number of nitrogens with zero attached hydrogens (tertiary/aromatic N) is 3. The monoisotopic (exact) mass is 261 g/mol. The molecule has 7 heteroatoms. The summed E-state index contributed by atoms with van der Waals surface area (Å²) in [7, 11) is 0. The molecule has 1 aromatic rings. The van der Waals surface area contributed by atoms with E-state index in [-0.39, 0.29) is 23.1 Å². The number of aromatic nitrogens is 1. The lowest BCUT2D eigenvalue weighted by atomic mass is 10.1. The maximum Gasteiger partial charge on any atom is 0.312 e. The SMILES string of the molecule is N#Cc1cnc(NC2CCCNCC2)c([N+](=O)[O-])c1. The molecular formula is C12H15N5O2. The topological polar surface area (TPSA) is 104 Å². The molecule has 100 valence electrons. The van der Waals surface area contributed by atoms with Crippen LogP contribution < -0.4 is 10.6 Å². The summed E-state index contributed by atoms with van der Waals surface area (Å²) in [5.74, 6) is 0.246. The Morgan fingerprint density at radius 2 is 2.37 bits per heavy atom. The highest BCUT2D eigenvalue weighted by Crippen LogP contribution is 2.24. The first kappa shape index (κ1) is 13.2. The van der Waals surface area contributed by atoms with Gasteiger partial charge in [-0.1, -0.05) is 0 Å². The second kappa shape index (κ2) is 6.11. The fourth-order valence-corrected chi connectivity index (χ4v) is 2.12. The van der Waals surface area contributed by atoms with Crippen LogP contribution in [-0.2, 0) is 0 Å².